The summed E-state index contributed by atoms with van der Waals surface area (Å²) in [7, 11) is 1.62. The quantitative estimate of drug-likeness (QED) is 0.837. The average molecular weight is 287 g/mol. The number of halogens is 1. The minimum absolute atomic E-state index is 0.0162. The highest BCUT2D eigenvalue weighted by molar-refractivity contribution is 5.95. The van der Waals surface area contributed by atoms with E-state index in [0.717, 1.165) is 11.3 Å². The van der Waals surface area contributed by atoms with E-state index >= 15 is 0 Å². The molecule has 0 saturated heterocycles. The first-order valence-corrected chi connectivity index (χ1v) is 6.71. The molecule has 0 saturated carbocycles. The predicted octanol–water partition coefficient (Wildman–Crippen LogP) is 4.21. The van der Waals surface area contributed by atoms with E-state index in [2.05, 4.69) is 5.32 Å². The Bertz CT molecular complexity index is 638. The molecule has 2 rings (SSSR count). The topological polar surface area (TPSA) is 38.3 Å². The lowest BCUT2D eigenvalue weighted by Crippen LogP contribution is -2.07. The molecule has 0 aromatic heterocycles. The van der Waals surface area contributed by atoms with Gasteiger partial charge in [-0.1, -0.05) is 12.1 Å². The van der Waals surface area contributed by atoms with Crippen LogP contribution in [0.4, 0.5) is 10.1 Å². The number of benzene rings is 2. The summed E-state index contributed by atoms with van der Waals surface area (Å²) in [6.07, 6.45) is 0. The molecule has 1 atom stereocenters. The molecule has 0 spiro atoms. The third-order valence-corrected chi connectivity index (χ3v) is 3.30. The zero-order chi connectivity index (χ0) is 15.4. The Morgan fingerprint density at radius 3 is 2.43 bits per heavy atom. The van der Waals surface area contributed by atoms with Gasteiger partial charge in [0.1, 0.15) is 11.6 Å². The standard InChI is InChI=1S/C17H18FNO2/c1-11(13-4-6-17(21-3)7-5-13)19-16-9-14(12(2)20)8-15(18)10-16/h4-11,19H,1-3H3. The first kappa shape index (κ1) is 15.0. The number of ketones is 1. The van der Waals surface area contributed by atoms with Crippen LogP contribution in [0.1, 0.15) is 35.8 Å². The van der Waals surface area contributed by atoms with Crippen LogP contribution in [0.15, 0.2) is 42.5 Å². The average Bonchev–Trinajstić information content (AvgIpc) is 2.46. The predicted molar refractivity (Wildman–Crippen MR) is 81.4 cm³/mol. The number of carbonyl (C=O) groups is 1. The fourth-order valence-electron chi connectivity index (χ4n) is 2.10. The first-order valence-electron chi connectivity index (χ1n) is 6.71. The van der Waals surface area contributed by atoms with Crippen LogP contribution in [-0.4, -0.2) is 12.9 Å². The van der Waals surface area contributed by atoms with Crippen molar-refractivity contribution in [1.82, 2.24) is 0 Å². The highest BCUT2D eigenvalue weighted by atomic mass is 19.1. The lowest BCUT2D eigenvalue weighted by molar-refractivity contribution is 0.101. The van der Waals surface area contributed by atoms with Gasteiger partial charge in [-0.2, -0.15) is 0 Å². The van der Waals surface area contributed by atoms with Crippen LogP contribution in [0, 0.1) is 5.82 Å². The van der Waals surface area contributed by atoms with Gasteiger partial charge in [0.05, 0.1) is 7.11 Å². The van der Waals surface area contributed by atoms with Gasteiger partial charge in [0.2, 0.25) is 0 Å². The van der Waals surface area contributed by atoms with Crippen LogP contribution < -0.4 is 10.1 Å². The fraction of sp³-hybridized carbons (Fsp3) is 0.235. The Labute approximate surface area is 123 Å². The largest absolute Gasteiger partial charge is 0.497 e. The summed E-state index contributed by atoms with van der Waals surface area (Å²) in [6.45, 7) is 3.39. The summed E-state index contributed by atoms with van der Waals surface area (Å²) in [6, 6.07) is 11.9. The molecule has 3 nitrogen and oxygen atoms in total. The van der Waals surface area contributed by atoms with E-state index in [1.54, 1.807) is 13.2 Å². The van der Waals surface area contributed by atoms with Crippen molar-refractivity contribution in [2.75, 3.05) is 12.4 Å². The van der Waals surface area contributed by atoms with E-state index in [4.69, 9.17) is 4.74 Å². The van der Waals surface area contributed by atoms with E-state index < -0.39 is 5.82 Å². The lowest BCUT2D eigenvalue weighted by Gasteiger charge is -2.16. The van der Waals surface area contributed by atoms with Gasteiger partial charge >= 0.3 is 0 Å². The lowest BCUT2D eigenvalue weighted by atomic mass is 10.1. The van der Waals surface area contributed by atoms with Gasteiger partial charge in [0.25, 0.3) is 0 Å². The van der Waals surface area contributed by atoms with Crippen LogP contribution >= 0.6 is 0 Å². The molecular formula is C17H18FNO2. The molecule has 4 heteroatoms. The molecule has 110 valence electrons. The number of methoxy groups -OCH3 is 1. The van der Waals surface area contributed by atoms with E-state index in [0.29, 0.717) is 11.3 Å². The maximum absolute atomic E-state index is 13.5. The number of anilines is 1. The van der Waals surface area contributed by atoms with Crippen LogP contribution in [-0.2, 0) is 0 Å². The van der Waals surface area contributed by atoms with Crippen molar-refractivity contribution in [2.24, 2.45) is 0 Å². The highest BCUT2D eigenvalue weighted by Gasteiger charge is 2.09. The molecule has 21 heavy (non-hydrogen) atoms. The Hall–Kier alpha value is -2.36. The molecular weight excluding hydrogens is 269 g/mol. The summed E-state index contributed by atoms with van der Waals surface area (Å²) in [5.74, 6) is 0.206. The number of Topliss-reactive ketones (excluding diaryl/α,β-unsaturated/α-hetero) is 1. The molecule has 0 aliphatic rings. The van der Waals surface area contributed by atoms with E-state index in [1.807, 2.05) is 31.2 Å². The van der Waals surface area contributed by atoms with Crippen molar-refractivity contribution in [2.45, 2.75) is 19.9 Å². The van der Waals surface area contributed by atoms with E-state index in [-0.39, 0.29) is 11.8 Å². The molecule has 1 unspecified atom stereocenters. The van der Waals surface area contributed by atoms with Gasteiger partial charge in [-0.25, -0.2) is 4.39 Å². The number of carbonyl (C=O) groups excluding carboxylic acids is 1. The SMILES string of the molecule is COc1ccc(C(C)Nc2cc(F)cc(C(C)=O)c2)cc1. The zero-order valence-corrected chi connectivity index (χ0v) is 12.3. The van der Waals surface area contributed by atoms with Crippen molar-refractivity contribution in [3.63, 3.8) is 0 Å². The third-order valence-electron chi connectivity index (χ3n) is 3.30. The molecule has 0 fully saturated rings. The van der Waals surface area contributed by atoms with Crippen LogP contribution in [0.25, 0.3) is 0 Å². The van der Waals surface area contributed by atoms with Gasteiger partial charge < -0.3 is 10.1 Å². The molecule has 0 radical (unpaired) electrons. The Morgan fingerprint density at radius 2 is 1.86 bits per heavy atom. The molecule has 0 bridgehead atoms. The first-order chi connectivity index (χ1) is 9.99. The highest BCUT2D eigenvalue weighted by Crippen LogP contribution is 2.23. The smallest absolute Gasteiger partial charge is 0.159 e. The van der Waals surface area contributed by atoms with Crippen molar-refractivity contribution in [3.05, 3.63) is 59.4 Å². The zero-order valence-electron chi connectivity index (χ0n) is 12.3. The minimum atomic E-state index is -0.424. The van der Waals surface area contributed by atoms with Gasteiger partial charge in [0.15, 0.2) is 5.78 Å². The third kappa shape index (κ3) is 3.81. The second-order valence-corrected chi connectivity index (χ2v) is 4.92. The molecule has 0 aliphatic carbocycles. The Kier molecular flexibility index (Phi) is 4.58. The van der Waals surface area contributed by atoms with E-state index in [9.17, 15) is 9.18 Å². The fourth-order valence-corrected chi connectivity index (χ4v) is 2.10. The molecule has 0 aliphatic heterocycles. The summed E-state index contributed by atoms with van der Waals surface area (Å²) in [4.78, 5) is 11.4. The van der Waals surface area contributed by atoms with Crippen molar-refractivity contribution in [3.8, 4) is 5.75 Å². The van der Waals surface area contributed by atoms with Gasteiger partial charge in [-0.3, -0.25) is 4.79 Å². The van der Waals surface area contributed by atoms with Crippen molar-refractivity contribution < 1.29 is 13.9 Å². The molecule has 0 amide bonds. The van der Waals surface area contributed by atoms with E-state index in [1.165, 1.54) is 19.1 Å². The van der Waals surface area contributed by atoms with Gasteiger partial charge in [-0.05, 0) is 49.7 Å². The normalized spacial score (nSPS) is 11.8. The van der Waals surface area contributed by atoms with Crippen molar-refractivity contribution in [1.29, 1.82) is 0 Å². The van der Waals surface area contributed by atoms with Crippen LogP contribution in [0.2, 0.25) is 0 Å². The van der Waals surface area contributed by atoms with Crippen molar-refractivity contribution >= 4 is 11.5 Å². The second-order valence-electron chi connectivity index (χ2n) is 4.92. The monoisotopic (exact) mass is 287 g/mol. The Balaban J connectivity index is 2.18. The number of nitrogens with one attached hydrogen (secondary N) is 1. The molecule has 1 N–H and O–H groups in total. The van der Waals surface area contributed by atoms with Crippen LogP contribution in [0.5, 0.6) is 5.75 Å². The maximum Gasteiger partial charge on any atom is 0.159 e. The number of hydrogen-bond donors (Lipinski definition) is 1. The summed E-state index contributed by atoms with van der Waals surface area (Å²) < 4.78 is 18.6. The van der Waals surface area contributed by atoms with Crippen LogP contribution in [0.3, 0.4) is 0 Å². The van der Waals surface area contributed by atoms with Gasteiger partial charge in [0, 0.05) is 17.3 Å². The number of rotatable bonds is 5. The second kappa shape index (κ2) is 6.39. The number of ether oxygens (including phenoxy) is 1. The van der Waals surface area contributed by atoms with Gasteiger partial charge in [-0.15, -0.1) is 0 Å². The molecule has 2 aromatic rings. The minimum Gasteiger partial charge on any atom is -0.497 e. The number of hydrogen-bond acceptors (Lipinski definition) is 3. The summed E-state index contributed by atoms with van der Waals surface area (Å²) in [5.41, 5.74) is 1.99. The summed E-state index contributed by atoms with van der Waals surface area (Å²) >= 11 is 0. The Morgan fingerprint density at radius 1 is 1.19 bits per heavy atom. The maximum atomic E-state index is 13.5. The molecule has 2 aromatic carbocycles. The summed E-state index contributed by atoms with van der Waals surface area (Å²) in [5, 5.41) is 3.20. The molecule has 0 heterocycles.